The predicted molar refractivity (Wildman–Crippen MR) is 95.4 cm³/mol. The lowest BCUT2D eigenvalue weighted by molar-refractivity contribution is 0.0416. The van der Waals surface area contributed by atoms with Crippen LogP contribution in [0.5, 0.6) is 0 Å². The fourth-order valence-corrected chi connectivity index (χ4v) is 3.14. The van der Waals surface area contributed by atoms with Crippen molar-refractivity contribution in [3.8, 4) is 0 Å². The Morgan fingerprint density at radius 2 is 1.73 bits per heavy atom. The fourth-order valence-electron chi connectivity index (χ4n) is 2.96. The lowest BCUT2D eigenvalue weighted by atomic mass is 10.1. The van der Waals surface area contributed by atoms with E-state index in [0.29, 0.717) is 16.1 Å². The van der Waals surface area contributed by atoms with Crippen molar-refractivity contribution in [2.45, 2.75) is 0 Å². The van der Waals surface area contributed by atoms with E-state index in [2.05, 4.69) is 4.98 Å². The Balaban J connectivity index is 1.41. The summed E-state index contributed by atoms with van der Waals surface area (Å²) in [6.07, 6.45) is 0. The first-order valence-corrected chi connectivity index (χ1v) is 8.33. The number of aromatic amines is 1. The molecule has 26 heavy (non-hydrogen) atoms. The van der Waals surface area contributed by atoms with Crippen molar-refractivity contribution in [2.24, 2.45) is 0 Å². The molecule has 0 spiro atoms. The minimum absolute atomic E-state index is 0.00411. The van der Waals surface area contributed by atoms with Crippen LogP contribution in [0.15, 0.2) is 48.5 Å². The lowest BCUT2D eigenvalue weighted by Crippen LogP contribution is -2.33. The van der Waals surface area contributed by atoms with Crippen molar-refractivity contribution in [3.63, 3.8) is 0 Å². The molecule has 130 valence electrons. The quantitative estimate of drug-likeness (QED) is 0.566. The molecule has 4 rings (SSSR count). The van der Waals surface area contributed by atoms with Gasteiger partial charge < -0.3 is 9.72 Å². The summed E-state index contributed by atoms with van der Waals surface area (Å²) in [4.78, 5) is 40.7. The second-order valence-corrected chi connectivity index (χ2v) is 6.29. The number of hydrogen-bond acceptors (Lipinski definition) is 4. The highest BCUT2D eigenvalue weighted by molar-refractivity contribution is 6.31. The van der Waals surface area contributed by atoms with Gasteiger partial charge in [-0.3, -0.25) is 14.5 Å². The van der Waals surface area contributed by atoms with Gasteiger partial charge in [0.05, 0.1) is 17.7 Å². The molecule has 3 aromatic rings. The molecule has 1 aliphatic heterocycles. The first-order chi connectivity index (χ1) is 12.5. The second-order valence-electron chi connectivity index (χ2n) is 5.86. The Morgan fingerprint density at radius 3 is 2.42 bits per heavy atom. The summed E-state index contributed by atoms with van der Waals surface area (Å²) >= 11 is 5.93. The van der Waals surface area contributed by atoms with E-state index in [4.69, 9.17) is 16.3 Å². The number of imide groups is 1. The van der Waals surface area contributed by atoms with Crippen LogP contribution in [-0.2, 0) is 4.74 Å². The van der Waals surface area contributed by atoms with E-state index >= 15 is 0 Å². The molecule has 1 N–H and O–H groups in total. The molecule has 6 nitrogen and oxygen atoms in total. The Bertz CT molecular complexity index is 1020. The number of nitrogens with zero attached hydrogens (tertiary/aromatic N) is 1. The van der Waals surface area contributed by atoms with Crippen molar-refractivity contribution in [3.05, 3.63) is 70.4 Å². The maximum absolute atomic E-state index is 12.2. The van der Waals surface area contributed by atoms with Crippen molar-refractivity contribution in [1.82, 2.24) is 9.88 Å². The zero-order valence-corrected chi connectivity index (χ0v) is 14.2. The molecule has 0 saturated heterocycles. The smallest absolute Gasteiger partial charge is 0.354 e. The fraction of sp³-hybridized carbons (Fsp3) is 0.105. The first-order valence-electron chi connectivity index (χ1n) is 7.95. The number of ether oxygens (including phenoxy) is 1. The second kappa shape index (κ2) is 6.31. The molecule has 0 radical (unpaired) electrons. The number of carbonyl (C=O) groups is 3. The molecule has 1 aliphatic rings. The highest BCUT2D eigenvalue weighted by Crippen LogP contribution is 2.22. The SMILES string of the molecule is O=C(OCCN1C(=O)c2ccccc2C1=O)c1cc2cc(Cl)ccc2[nH]1. The van der Waals surface area contributed by atoms with Gasteiger partial charge in [-0.1, -0.05) is 23.7 Å². The van der Waals surface area contributed by atoms with E-state index in [1.54, 1.807) is 48.5 Å². The van der Waals surface area contributed by atoms with Crippen molar-refractivity contribution >= 4 is 40.3 Å². The van der Waals surface area contributed by atoms with Gasteiger partial charge in [0.25, 0.3) is 11.8 Å². The van der Waals surface area contributed by atoms with E-state index in [1.807, 2.05) is 0 Å². The number of halogens is 1. The topological polar surface area (TPSA) is 79.5 Å². The lowest BCUT2D eigenvalue weighted by Gasteiger charge is -2.13. The standard InChI is InChI=1S/C19H13ClN2O4/c20-12-5-6-15-11(9-12)10-16(21-15)19(25)26-8-7-22-17(23)13-3-1-2-4-14(13)18(22)24/h1-6,9-10,21H,7-8H2. The van der Waals surface area contributed by atoms with Crippen LogP contribution >= 0.6 is 11.6 Å². The summed E-state index contributed by atoms with van der Waals surface area (Å²) in [6, 6.07) is 13.5. The highest BCUT2D eigenvalue weighted by Gasteiger charge is 2.34. The van der Waals surface area contributed by atoms with Gasteiger partial charge in [0.15, 0.2) is 0 Å². The van der Waals surface area contributed by atoms with Gasteiger partial charge in [-0.15, -0.1) is 0 Å². The van der Waals surface area contributed by atoms with Crippen LogP contribution in [0.25, 0.3) is 10.9 Å². The minimum atomic E-state index is -0.561. The number of nitrogens with one attached hydrogen (secondary N) is 1. The summed E-state index contributed by atoms with van der Waals surface area (Å²) in [5, 5.41) is 1.37. The van der Waals surface area contributed by atoms with Crippen LogP contribution in [0.4, 0.5) is 0 Å². The normalized spacial score (nSPS) is 13.3. The molecular formula is C19H13ClN2O4. The Hall–Kier alpha value is -3.12. The van der Waals surface area contributed by atoms with Crippen molar-refractivity contribution in [1.29, 1.82) is 0 Å². The third-order valence-corrected chi connectivity index (χ3v) is 4.46. The Morgan fingerprint density at radius 1 is 1.04 bits per heavy atom. The Kier molecular flexibility index (Phi) is 3.97. The molecule has 0 aliphatic carbocycles. The highest BCUT2D eigenvalue weighted by atomic mass is 35.5. The number of rotatable bonds is 4. The number of hydrogen-bond donors (Lipinski definition) is 1. The molecule has 2 amide bonds. The summed E-state index contributed by atoms with van der Waals surface area (Å²) in [5.41, 5.74) is 1.79. The van der Waals surface area contributed by atoms with E-state index in [0.717, 1.165) is 15.8 Å². The number of fused-ring (bicyclic) bond motifs is 2. The van der Waals surface area contributed by atoms with Gasteiger partial charge in [-0.05, 0) is 36.4 Å². The van der Waals surface area contributed by atoms with Crippen LogP contribution in [0.3, 0.4) is 0 Å². The zero-order chi connectivity index (χ0) is 18.3. The summed E-state index contributed by atoms with van der Waals surface area (Å²) < 4.78 is 5.20. The van der Waals surface area contributed by atoms with E-state index in [-0.39, 0.29) is 30.7 Å². The number of benzene rings is 2. The summed E-state index contributed by atoms with van der Waals surface area (Å²) in [7, 11) is 0. The molecule has 7 heteroatoms. The van der Waals surface area contributed by atoms with Gasteiger partial charge >= 0.3 is 5.97 Å². The number of esters is 1. The van der Waals surface area contributed by atoms with Crippen molar-refractivity contribution in [2.75, 3.05) is 13.2 Å². The average Bonchev–Trinajstić information content (AvgIpc) is 3.16. The zero-order valence-electron chi connectivity index (χ0n) is 13.5. The molecule has 0 bridgehead atoms. The number of amides is 2. The third kappa shape index (κ3) is 2.74. The van der Waals surface area contributed by atoms with Gasteiger partial charge in [0.2, 0.25) is 0 Å². The van der Waals surface area contributed by atoms with Gasteiger partial charge in [-0.25, -0.2) is 4.79 Å². The number of aromatic nitrogens is 1. The molecule has 0 fully saturated rings. The monoisotopic (exact) mass is 368 g/mol. The minimum Gasteiger partial charge on any atom is -0.459 e. The molecular weight excluding hydrogens is 356 g/mol. The van der Waals surface area contributed by atoms with Crippen LogP contribution in [0.1, 0.15) is 31.2 Å². The number of carbonyl (C=O) groups excluding carboxylic acids is 3. The van der Waals surface area contributed by atoms with Crippen LogP contribution < -0.4 is 0 Å². The molecule has 2 aromatic carbocycles. The maximum Gasteiger partial charge on any atom is 0.354 e. The first kappa shape index (κ1) is 16.4. The average molecular weight is 369 g/mol. The molecule has 0 saturated carbocycles. The summed E-state index contributed by atoms with van der Waals surface area (Å²) in [6.45, 7) is -0.0788. The Labute approximate surface area is 153 Å². The summed E-state index contributed by atoms with van der Waals surface area (Å²) in [5.74, 6) is -1.31. The molecule has 1 aromatic heterocycles. The van der Waals surface area contributed by atoms with E-state index in [9.17, 15) is 14.4 Å². The van der Waals surface area contributed by atoms with Crippen LogP contribution in [0.2, 0.25) is 5.02 Å². The molecule has 0 atom stereocenters. The largest absolute Gasteiger partial charge is 0.459 e. The van der Waals surface area contributed by atoms with Gasteiger partial charge in [-0.2, -0.15) is 0 Å². The third-order valence-electron chi connectivity index (χ3n) is 4.23. The number of H-pyrrole nitrogens is 1. The molecule has 2 heterocycles. The van der Waals surface area contributed by atoms with Crippen molar-refractivity contribution < 1.29 is 19.1 Å². The van der Waals surface area contributed by atoms with E-state index in [1.165, 1.54) is 0 Å². The van der Waals surface area contributed by atoms with E-state index < -0.39 is 5.97 Å². The van der Waals surface area contributed by atoms with Gasteiger partial charge in [0.1, 0.15) is 12.3 Å². The van der Waals surface area contributed by atoms with Crippen LogP contribution in [-0.4, -0.2) is 40.8 Å². The molecule has 0 unspecified atom stereocenters. The predicted octanol–water partition coefficient (Wildman–Crippen LogP) is 3.27. The maximum atomic E-state index is 12.2. The van der Waals surface area contributed by atoms with Crippen LogP contribution in [0, 0.1) is 0 Å². The van der Waals surface area contributed by atoms with Gasteiger partial charge in [0, 0.05) is 15.9 Å².